The Kier molecular flexibility index (Phi) is 6.53. The van der Waals surface area contributed by atoms with E-state index in [2.05, 4.69) is 16.0 Å². The topological polar surface area (TPSA) is 94.0 Å². The van der Waals surface area contributed by atoms with E-state index in [-0.39, 0.29) is 22.9 Å². The molecule has 0 aromatic heterocycles. The first kappa shape index (κ1) is 22.6. The van der Waals surface area contributed by atoms with Gasteiger partial charge < -0.3 is 10.6 Å². The van der Waals surface area contributed by atoms with Crippen molar-refractivity contribution in [1.29, 1.82) is 5.26 Å². The van der Waals surface area contributed by atoms with E-state index in [4.69, 9.17) is 16.9 Å². The van der Waals surface area contributed by atoms with Gasteiger partial charge in [0.1, 0.15) is 12.1 Å². The number of hydrogen-bond donors (Lipinski definition) is 3. The SMILES string of the molecule is CC(=O)Nc1ccc(NC(=O)[C@@H]2CC(c3ccc(C#N)c(Cl)c3)[C@H](C(F)(F)F)N2)cc1. The van der Waals surface area contributed by atoms with Crippen LogP contribution in [0.5, 0.6) is 0 Å². The second-order valence-electron chi connectivity index (χ2n) is 7.18. The molecule has 3 atom stereocenters. The molecule has 1 aliphatic rings. The number of halogens is 4. The van der Waals surface area contributed by atoms with Crippen LogP contribution in [0.25, 0.3) is 0 Å². The molecule has 0 radical (unpaired) electrons. The Morgan fingerprint density at radius 3 is 2.26 bits per heavy atom. The summed E-state index contributed by atoms with van der Waals surface area (Å²) in [5.41, 5.74) is 1.37. The fourth-order valence-electron chi connectivity index (χ4n) is 3.55. The second kappa shape index (κ2) is 8.96. The molecule has 162 valence electrons. The van der Waals surface area contributed by atoms with Gasteiger partial charge in [0.25, 0.3) is 0 Å². The van der Waals surface area contributed by atoms with Gasteiger partial charge in [0.2, 0.25) is 11.8 Å². The first-order valence-corrected chi connectivity index (χ1v) is 9.67. The average Bonchev–Trinajstić information content (AvgIpc) is 3.15. The zero-order valence-electron chi connectivity index (χ0n) is 16.3. The standard InChI is InChI=1S/C21H18ClF3N4O2/c1-11(30)27-14-4-6-15(7-5-14)28-20(31)18-9-16(19(29-18)21(23,24)25)12-2-3-13(10-26)17(22)8-12/h2-8,16,18-19,29H,9H2,1H3,(H,27,30)(H,28,31)/t16?,18-,19+/m0/s1. The fraction of sp³-hybridized carbons (Fsp3) is 0.286. The van der Waals surface area contributed by atoms with Crippen molar-refractivity contribution in [3.8, 4) is 6.07 Å². The molecule has 10 heteroatoms. The highest BCUT2D eigenvalue weighted by Gasteiger charge is 2.52. The molecular formula is C21H18ClF3N4O2. The fourth-order valence-corrected chi connectivity index (χ4v) is 3.78. The van der Waals surface area contributed by atoms with Crippen LogP contribution in [0, 0.1) is 11.3 Å². The van der Waals surface area contributed by atoms with Crippen LogP contribution in [-0.2, 0) is 9.59 Å². The molecule has 1 aliphatic heterocycles. The number of amides is 2. The van der Waals surface area contributed by atoms with E-state index < -0.39 is 30.1 Å². The predicted octanol–water partition coefficient (Wildman–Crippen LogP) is 4.19. The van der Waals surface area contributed by atoms with Crippen molar-refractivity contribution < 1.29 is 22.8 Å². The average molecular weight is 451 g/mol. The molecule has 2 amide bonds. The number of anilines is 2. The van der Waals surface area contributed by atoms with E-state index in [1.54, 1.807) is 12.1 Å². The minimum atomic E-state index is -4.58. The largest absolute Gasteiger partial charge is 0.404 e. The lowest BCUT2D eigenvalue weighted by molar-refractivity contribution is -0.156. The van der Waals surface area contributed by atoms with Gasteiger partial charge in [-0.2, -0.15) is 18.4 Å². The number of nitrogens with one attached hydrogen (secondary N) is 3. The van der Waals surface area contributed by atoms with E-state index in [1.165, 1.54) is 37.3 Å². The van der Waals surface area contributed by atoms with Gasteiger partial charge in [-0.15, -0.1) is 0 Å². The van der Waals surface area contributed by atoms with E-state index >= 15 is 0 Å². The first-order chi connectivity index (χ1) is 14.6. The summed E-state index contributed by atoms with van der Waals surface area (Å²) in [7, 11) is 0. The number of rotatable bonds is 4. The lowest BCUT2D eigenvalue weighted by atomic mass is 9.89. The molecule has 3 N–H and O–H groups in total. The summed E-state index contributed by atoms with van der Waals surface area (Å²) in [4.78, 5) is 23.7. The molecule has 1 saturated heterocycles. The maximum atomic E-state index is 13.6. The molecule has 31 heavy (non-hydrogen) atoms. The third kappa shape index (κ3) is 5.34. The molecule has 0 bridgehead atoms. The summed E-state index contributed by atoms with van der Waals surface area (Å²) in [6.07, 6.45) is -4.68. The van der Waals surface area contributed by atoms with Gasteiger partial charge >= 0.3 is 6.18 Å². The lowest BCUT2D eigenvalue weighted by Crippen LogP contribution is -2.46. The molecule has 2 aromatic rings. The normalized spacial score (nSPS) is 20.7. The maximum absolute atomic E-state index is 13.6. The van der Waals surface area contributed by atoms with E-state index in [0.717, 1.165) is 0 Å². The Labute approximate surface area is 181 Å². The first-order valence-electron chi connectivity index (χ1n) is 9.29. The van der Waals surface area contributed by atoms with Gasteiger partial charge in [0.05, 0.1) is 16.6 Å². The second-order valence-corrected chi connectivity index (χ2v) is 7.59. The maximum Gasteiger partial charge on any atom is 0.404 e. The van der Waals surface area contributed by atoms with Crippen molar-refractivity contribution in [2.75, 3.05) is 10.6 Å². The summed E-state index contributed by atoms with van der Waals surface area (Å²) in [6, 6.07) is 9.20. The minimum Gasteiger partial charge on any atom is -0.326 e. The number of alkyl halides is 3. The van der Waals surface area contributed by atoms with Crippen LogP contribution in [0.15, 0.2) is 42.5 Å². The Morgan fingerprint density at radius 1 is 1.13 bits per heavy atom. The predicted molar refractivity (Wildman–Crippen MR) is 110 cm³/mol. The van der Waals surface area contributed by atoms with Crippen molar-refractivity contribution in [3.05, 3.63) is 58.6 Å². The number of nitrogens with zero attached hydrogens (tertiary/aromatic N) is 1. The quantitative estimate of drug-likeness (QED) is 0.651. The Morgan fingerprint density at radius 2 is 1.74 bits per heavy atom. The van der Waals surface area contributed by atoms with Crippen LogP contribution in [0.3, 0.4) is 0 Å². The molecule has 0 saturated carbocycles. The minimum absolute atomic E-state index is 0.0630. The van der Waals surface area contributed by atoms with Crippen LogP contribution in [0.1, 0.15) is 30.4 Å². The molecule has 6 nitrogen and oxygen atoms in total. The summed E-state index contributed by atoms with van der Waals surface area (Å²) in [5, 5.41) is 16.6. The van der Waals surface area contributed by atoms with Gasteiger partial charge in [-0.3, -0.25) is 14.9 Å². The van der Waals surface area contributed by atoms with E-state index in [0.29, 0.717) is 16.9 Å². The molecule has 3 rings (SSSR count). The molecule has 1 fully saturated rings. The highest BCUT2D eigenvalue weighted by Crippen LogP contribution is 2.40. The van der Waals surface area contributed by atoms with Crippen LogP contribution in [0.4, 0.5) is 24.5 Å². The molecule has 0 spiro atoms. The van der Waals surface area contributed by atoms with E-state index in [9.17, 15) is 22.8 Å². The summed E-state index contributed by atoms with van der Waals surface area (Å²) in [5.74, 6) is -1.90. The van der Waals surface area contributed by atoms with Gasteiger partial charge in [-0.25, -0.2) is 0 Å². The van der Waals surface area contributed by atoms with Crippen molar-refractivity contribution in [3.63, 3.8) is 0 Å². The van der Waals surface area contributed by atoms with Crippen LogP contribution in [0.2, 0.25) is 5.02 Å². The molecule has 0 aliphatic carbocycles. The number of carbonyl (C=O) groups excluding carboxylic acids is 2. The highest BCUT2D eigenvalue weighted by atomic mass is 35.5. The summed E-state index contributed by atoms with van der Waals surface area (Å²) < 4.78 is 40.9. The van der Waals surface area contributed by atoms with Crippen LogP contribution < -0.4 is 16.0 Å². The van der Waals surface area contributed by atoms with Crippen molar-refractivity contribution >= 4 is 34.8 Å². The Hall–Kier alpha value is -3.09. The lowest BCUT2D eigenvalue weighted by Gasteiger charge is -2.22. The Balaban J connectivity index is 1.76. The molecule has 1 heterocycles. The smallest absolute Gasteiger partial charge is 0.326 e. The molecule has 2 aromatic carbocycles. The van der Waals surface area contributed by atoms with Gasteiger partial charge in [0, 0.05) is 24.2 Å². The van der Waals surface area contributed by atoms with E-state index in [1.807, 2.05) is 6.07 Å². The monoisotopic (exact) mass is 450 g/mol. The molecule has 1 unspecified atom stereocenters. The van der Waals surface area contributed by atoms with Gasteiger partial charge in [0.15, 0.2) is 0 Å². The molecular weight excluding hydrogens is 433 g/mol. The third-order valence-electron chi connectivity index (χ3n) is 4.96. The Bertz CT molecular complexity index is 1030. The highest BCUT2D eigenvalue weighted by molar-refractivity contribution is 6.31. The van der Waals surface area contributed by atoms with Crippen molar-refractivity contribution in [2.24, 2.45) is 0 Å². The zero-order valence-corrected chi connectivity index (χ0v) is 17.0. The number of nitriles is 1. The van der Waals surface area contributed by atoms with Gasteiger partial charge in [-0.1, -0.05) is 17.7 Å². The van der Waals surface area contributed by atoms with Gasteiger partial charge in [-0.05, 0) is 48.4 Å². The number of carbonyl (C=O) groups is 2. The summed E-state index contributed by atoms with van der Waals surface area (Å²) in [6.45, 7) is 1.36. The van der Waals surface area contributed by atoms with Crippen molar-refractivity contribution in [2.45, 2.75) is 37.5 Å². The van der Waals surface area contributed by atoms with Crippen molar-refractivity contribution in [1.82, 2.24) is 5.32 Å². The van der Waals surface area contributed by atoms with Crippen LogP contribution in [-0.4, -0.2) is 30.1 Å². The number of benzene rings is 2. The zero-order chi connectivity index (χ0) is 22.8. The number of hydrogen-bond acceptors (Lipinski definition) is 4. The van der Waals surface area contributed by atoms with Crippen LogP contribution >= 0.6 is 11.6 Å². The third-order valence-corrected chi connectivity index (χ3v) is 5.27. The summed E-state index contributed by atoms with van der Waals surface area (Å²) >= 11 is 5.99.